The normalized spacial score (nSPS) is 21.1. The third-order valence-corrected chi connectivity index (χ3v) is 3.13. The largest absolute Gasteiger partial charge is 0.416 e. The van der Waals surface area contributed by atoms with Crippen LogP contribution in [-0.2, 0) is 17.1 Å². The Labute approximate surface area is 117 Å². The lowest BCUT2D eigenvalue weighted by molar-refractivity contribution is -0.143. The third kappa shape index (κ3) is 4.10. The molecule has 0 radical (unpaired) electrons. The van der Waals surface area contributed by atoms with Crippen LogP contribution >= 0.6 is 0 Å². The molecule has 0 bridgehead atoms. The fourth-order valence-electron chi connectivity index (χ4n) is 2.09. The molecule has 1 aliphatic heterocycles. The summed E-state index contributed by atoms with van der Waals surface area (Å²) in [7, 11) is 0. The van der Waals surface area contributed by atoms with Gasteiger partial charge < -0.3 is 10.1 Å². The van der Waals surface area contributed by atoms with E-state index in [0.29, 0.717) is 25.1 Å². The summed E-state index contributed by atoms with van der Waals surface area (Å²) < 4.78 is 81.9. The van der Waals surface area contributed by atoms with E-state index >= 15 is 0 Å². The van der Waals surface area contributed by atoms with E-state index in [9.17, 15) is 26.3 Å². The van der Waals surface area contributed by atoms with E-state index < -0.39 is 29.6 Å². The predicted molar refractivity (Wildman–Crippen MR) is 62.6 cm³/mol. The van der Waals surface area contributed by atoms with Crippen molar-refractivity contribution in [2.24, 2.45) is 0 Å². The Bertz CT molecular complexity index is 456. The first kappa shape index (κ1) is 16.1. The van der Waals surface area contributed by atoms with Gasteiger partial charge in [0.15, 0.2) is 0 Å². The Kier molecular flexibility index (Phi) is 4.48. The molecular weight excluding hydrogens is 300 g/mol. The highest BCUT2D eigenvalue weighted by Gasteiger charge is 2.37. The lowest BCUT2D eigenvalue weighted by Crippen LogP contribution is -2.21. The molecule has 1 aliphatic rings. The van der Waals surface area contributed by atoms with Crippen molar-refractivity contribution in [3.05, 3.63) is 34.9 Å². The molecule has 1 atom stereocenters. The zero-order chi connectivity index (χ0) is 15.7. The number of hydrogen-bond acceptors (Lipinski definition) is 2. The van der Waals surface area contributed by atoms with Crippen molar-refractivity contribution in [3.8, 4) is 0 Å². The van der Waals surface area contributed by atoms with Gasteiger partial charge in [-0.1, -0.05) is 0 Å². The molecule has 1 saturated heterocycles. The lowest BCUT2D eigenvalue weighted by Gasteiger charge is -2.19. The second kappa shape index (κ2) is 5.84. The van der Waals surface area contributed by atoms with E-state index in [-0.39, 0.29) is 24.8 Å². The number of halogens is 6. The summed E-state index contributed by atoms with van der Waals surface area (Å²) in [5.74, 6) is 0. The molecule has 1 aromatic carbocycles. The van der Waals surface area contributed by atoms with Gasteiger partial charge in [-0.15, -0.1) is 0 Å². The van der Waals surface area contributed by atoms with Crippen LogP contribution in [0.3, 0.4) is 0 Å². The Hall–Kier alpha value is -1.28. The molecule has 0 aromatic heterocycles. The lowest BCUT2D eigenvalue weighted by atomic mass is 10.0. The van der Waals surface area contributed by atoms with Crippen molar-refractivity contribution < 1.29 is 31.1 Å². The Morgan fingerprint density at radius 1 is 0.952 bits per heavy atom. The molecule has 8 heteroatoms. The molecule has 1 fully saturated rings. The second-order valence-corrected chi connectivity index (χ2v) is 4.76. The smallest absolute Gasteiger partial charge is 0.372 e. The first-order valence-corrected chi connectivity index (χ1v) is 6.29. The average molecular weight is 313 g/mol. The predicted octanol–water partition coefficient (Wildman–Crippen LogP) is 3.78. The van der Waals surface area contributed by atoms with Crippen molar-refractivity contribution >= 4 is 0 Å². The summed E-state index contributed by atoms with van der Waals surface area (Å²) in [5.41, 5.74) is -2.76. The maximum Gasteiger partial charge on any atom is 0.416 e. The van der Waals surface area contributed by atoms with Crippen molar-refractivity contribution in [1.82, 2.24) is 5.32 Å². The summed E-state index contributed by atoms with van der Waals surface area (Å²) in [6, 6.07) is 1.55. The summed E-state index contributed by atoms with van der Waals surface area (Å²) in [5, 5.41) is 2.92. The van der Waals surface area contributed by atoms with Crippen LogP contribution < -0.4 is 5.32 Å². The third-order valence-electron chi connectivity index (χ3n) is 3.13. The highest BCUT2D eigenvalue weighted by Crippen LogP contribution is 2.38. The number of alkyl halides is 6. The molecule has 118 valence electrons. The minimum atomic E-state index is -4.84. The summed E-state index contributed by atoms with van der Waals surface area (Å²) >= 11 is 0. The molecular formula is C13H13F6NO. The van der Waals surface area contributed by atoms with Crippen LogP contribution in [0.25, 0.3) is 0 Å². The highest BCUT2D eigenvalue weighted by molar-refractivity contribution is 5.35. The molecule has 2 rings (SSSR count). The number of ether oxygens (including phenoxy) is 1. The second-order valence-electron chi connectivity index (χ2n) is 4.76. The fraction of sp³-hybridized carbons (Fsp3) is 0.538. The monoisotopic (exact) mass is 313 g/mol. The van der Waals surface area contributed by atoms with Gasteiger partial charge in [0.25, 0.3) is 0 Å². The van der Waals surface area contributed by atoms with Crippen molar-refractivity contribution in [2.45, 2.75) is 24.9 Å². The van der Waals surface area contributed by atoms with E-state index in [2.05, 4.69) is 5.32 Å². The molecule has 1 N–H and O–H groups in total. The van der Waals surface area contributed by atoms with E-state index in [1.165, 1.54) is 0 Å². The molecule has 0 aliphatic carbocycles. The average Bonchev–Trinajstić information content (AvgIpc) is 2.65. The quantitative estimate of drug-likeness (QED) is 0.797. The van der Waals surface area contributed by atoms with Crippen LogP contribution in [0.1, 0.15) is 29.2 Å². The molecule has 2 nitrogen and oxygen atoms in total. The minimum absolute atomic E-state index is 0.119. The minimum Gasteiger partial charge on any atom is -0.372 e. The van der Waals surface area contributed by atoms with Crippen molar-refractivity contribution in [3.63, 3.8) is 0 Å². The molecule has 0 spiro atoms. The van der Waals surface area contributed by atoms with Gasteiger partial charge in [0.05, 0.1) is 17.2 Å². The molecule has 1 heterocycles. The summed E-state index contributed by atoms with van der Waals surface area (Å²) in [4.78, 5) is 0. The van der Waals surface area contributed by atoms with Gasteiger partial charge >= 0.3 is 12.4 Å². The molecule has 0 amide bonds. The van der Waals surface area contributed by atoms with Crippen molar-refractivity contribution in [2.75, 3.05) is 19.7 Å². The number of benzene rings is 1. The first-order chi connectivity index (χ1) is 9.68. The Morgan fingerprint density at radius 2 is 1.52 bits per heavy atom. The SMILES string of the molecule is FC(F)(F)c1cc(C2CNCCCO2)cc(C(F)(F)F)c1. The standard InChI is InChI=1S/C13H13F6NO/c14-12(15,16)9-4-8(5-10(6-9)13(17,18)19)11-7-20-2-1-3-21-11/h4-6,11,20H,1-3,7H2. The highest BCUT2D eigenvalue weighted by atomic mass is 19.4. The topological polar surface area (TPSA) is 21.3 Å². The maximum absolute atomic E-state index is 12.8. The Balaban J connectivity index is 2.44. The van der Waals surface area contributed by atoms with Crippen LogP contribution in [0.5, 0.6) is 0 Å². The van der Waals surface area contributed by atoms with E-state index in [0.717, 1.165) is 0 Å². The van der Waals surface area contributed by atoms with Crippen LogP contribution in [0, 0.1) is 0 Å². The first-order valence-electron chi connectivity index (χ1n) is 6.29. The van der Waals surface area contributed by atoms with Gasteiger partial charge in [-0.25, -0.2) is 0 Å². The molecule has 1 aromatic rings. The van der Waals surface area contributed by atoms with E-state index in [4.69, 9.17) is 4.74 Å². The zero-order valence-corrected chi connectivity index (χ0v) is 10.8. The van der Waals surface area contributed by atoms with Gasteiger partial charge in [-0.05, 0) is 36.7 Å². The Morgan fingerprint density at radius 3 is 2.05 bits per heavy atom. The maximum atomic E-state index is 12.8. The van der Waals surface area contributed by atoms with Gasteiger partial charge in [-0.2, -0.15) is 26.3 Å². The molecule has 1 unspecified atom stereocenters. The summed E-state index contributed by atoms with van der Waals surface area (Å²) in [6.45, 7) is 1.08. The van der Waals surface area contributed by atoms with Gasteiger partial charge in [-0.3, -0.25) is 0 Å². The number of nitrogens with one attached hydrogen (secondary N) is 1. The van der Waals surface area contributed by atoms with E-state index in [1.807, 2.05) is 0 Å². The van der Waals surface area contributed by atoms with Crippen LogP contribution in [-0.4, -0.2) is 19.7 Å². The number of hydrogen-bond donors (Lipinski definition) is 1. The number of rotatable bonds is 1. The molecule has 21 heavy (non-hydrogen) atoms. The van der Waals surface area contributed by atoms with E-state index in [1.54, 1.807) is 0 Å². The van der Waals surface area contributed by atoms with Gasteiger partial charge in [0.1, 0.15) is 0 Å². The van der Waals surface area contributed by atoms with Crippen molar-refractivity contribution in [1.29, 1.82) is 0 Å². The van der Waals surface area contributed by atoms with Gasteiger partial charge in [0, 0.05) is 13.2 Å². The van der Waals surface area contributed by atoms with Gasteiger partial charge in [0.2, 0.25) is 0 Å². The van der Waals surface area contributed by atoms with Crippen LogP contribution in [0.15, 0.2) is 18.2 Å². The summed E-state index contributed by atoms with van der Waals surface area (Å²) in [6.07, 6.45) is -9.85. The molecule has 0 saturated carbocycles. The zero-order valence-electron chi connectivity index (χ0n) is 10.8. The fourth-order valence-corrected chi connectivity index (χ4v) is 2.09. The van der Waals surface area contributed by atoms with Crippen LogP contribution in [0.2, 0.25) is 0 Å². The van der Waals surface area contributed by atoms with Crippen LogP contribution in [0.4, 0.5) is 26.3 Å².